The molecule has 7 nitrogen and oxygen atoms in total. The number of ether oxygens (including phenoxy) is 2. The summed E-state index contributed by atoms with van der Waals surface area (Å²) in [5.41, 5.74) is 3.07. The monoisotopic (exact) mass is 663 g/mol. The molecule has 1 aromatic carbocycles. The van der Waals surface area contributed by atoms with Crippen LogP contribution in [0.3, 0.4) is 0 Å². The van der Waals surface area contributed by atoms with Gasteiger partial charge in [0.05, 0.1) is 31.3 Å². The first kappa shape index (κ1) is 35.4. The van der Waals surface area contributed by atoms with Gasteiger partial charge in [-0.15, -0.1) is 10.1 Å². The van der Waals surface area contributed by atoms with Crippen molar-refractivity contribution in [3.8, 4) is 0 Å². The lowest BCUT2D eigenvalue weighted by molar-refractivity contribution is -0.757. The molecule has 0 saturated heterocycles. The molecule has 266 valence electrons. The molecular formula is C41H61NO6. The average Bonchev–Trinajstić information content (AvgIpc) is 3.02. The van der Waals surface area contributed by atoms with E-state index in [9.17, 15) is 14.9 Å². The highest BCUT2D eigenvalue weighted by Gasteiger charge is 2.69. The van der Waals surface area contributed by atoms with Gasteiger partial charge in [-0.25, -0.2) is 0 Å². The summed E-state index contributed by atoms with van der Waals surface area (Å²) in [5.74, 6) is 1.37. The van der Waals surface area contributed by atoms with Gasteiger partial charge < -0.3 is 14.3 Å². The van der Waals surface area contributed by atoms with Gasteiger partial charge in [-0.3, -0.25) is 4.79 Å². The second kappa shape index (κ2) is 12.7. The Kier molecular flexibility index (Phi) is 9.39. The van der Waals surface area contributed by atoms with E-state index in [1.807, 2.05) is 0 Å². The van der Waals surface area contributed by atoms with Crippen LogP contribution in [0.4, 0.5) is 0 Å². The van der Waals surface area contributed by atoms with Gasteiger partial charge in [0.15, 0.2) is 0 Å². The van der Waals surface area contributed by atoms with E-state index in [-0.39, 0.29) is 51.7 Å². The summed E-state index contributed by atoms with van der Waals surface area (Å²) in [4.78, 5) is 29.1. The molecule has 0 heterocycles. The minimum absolute atomic E-state index is 0.0375. The molecule has 6 rings (SSSR count). The normalized spacial score (nSPS) is 39.4. The molecule has 0 unspecified atom stereocenters. The fourth-order valence-corrected chi connectivity index (χ4v) is 12.3. The number of hydrogen-bond acceptors (Lipinski definition) is 6. The van der Waals surface area contributed by atoms with E-state index in [2.05, 4.69) is 89.7 Å². The molecule has 0 aromatic heterocycles. The van der Waals surface area contributed by atoms with Crippen LogP contribution in [-0.2, 0) is 25.7 Å². The Morgan fingerprint density at radius 2 is 1.58 bits per heavy atom. The Morgan fingerprint density at radius 1 is 0.875 bits per heavy atom. The van der Waals surface area contributed by atoms with Gasteiger partial charge in [0, 0.05) is 0 Å². The van der Waals surface area contributed by atoms with Crippen LogP contribution in [0.1, 0.15) is 131 Å². The first-order valence-electron chi connectivity index (χ1n) is 18.9. The van der Waals surface area contributed by atoms with Crippen molar-refractivity contribution in [1.29, 1.82) is 0 Å². The van der Waals surface area contributed by atoms with Crippen LogP contribution >= 0.6 is 0 Å². The second-order valence-corrected chi connectivity index (χ2v) is 18.4. The minimum atomic E-state index is -0.762. The maximum absolute atomic E-state index is 14.1. The van der Waals surface area contributed by atoms with E-state index in [1.165, 1.54) is 24.8 Å². The molecule has 48 heavy (non-hydrogen) atoms. The van der Waals surface area contributed by atoms with Crippen molar-refractivity contribution in [1.82, 2.24) is 0 Å². The Labute approximate surface area is 289 Å². The summed E-state index contributed by atoms with van der Waals surface area (Å²) in [6, 6.07) is 10.6. The van der Waals surface area contributed by atoms with E-state index in [1.54, 1.807) is 5.57 Å². The van der Waals surface area contributed by atoms with Crippen molar-refractivity contribution in [2.24, 2.45) is 50.2 Å². The quantitative estimate of drug-likeness (QED) is 0.0814. The molecule has 0 amide bonds. The van der Waals surface area contributed by atoms with Crippen LogP contribution in [0.5, 0.6) is 0 Å². The Hall–Kier alpha value is -2.41. The number of unbranched alkanes of at least 4 members (excludes halogenated alkanes) is 1. The molecule has 0 N–H and O–H groups in total. The van der Waals surface area contributed by atoms with Crippen molar-refractivity contribution in [2.45, 2.75) is 138 Å². The van der Waals surface area contributed by atoms with E-state index in [4.69, 9.17) is 9.47 Å². The van der Waals surface area contributed by atoms with Crippen molar-refractivity contribution >= 4 is 5.97 Å². The topological polar surface area (TPSA) is 87.9 Å². The maximum atomic E-state index is 14.1. The van der Waals surface area contributed by atoms with Crippen molar-refractivity contribution in [2.75, 3.05) is 13.2 Å². The van der Waals surface area contributed by atoms with Crippen molar-refractivity contribution < 1.29 is 24.2 Å². The molecular weight excluding hydrogens is 602 g/mol. The van der Waals surface area contributed by atoms with E-state index in [0.29, 0.717) is 37.9 Å². The van der Waals surface area contributed by atoms with Gasteiger partial charge in [0.2, 0.25) is 0 Å². The number of nitrogens with zero attached hydrogens (tertiary/aromatic N) is 1. The van der Waals surface area contributed by atoms with Crippen LogP contribution in [-0.4, -0.2) is 30.4 Å². The van der Waals surface area contributed by atoms with Gasteiger partial charge in [-0.05, 0) is 127 Å². The van der Waals surface area contributed by atoms with Gasteiger partial charge >= 0.3 is 5.97 Å². The van der Waals surface area contributed by atoms with Crippen LogP contribution in [0, 0.1) is 60.4 Å². The molecule has 5 aliphatic rings. The van der Waals surface area contributed by atoms with Crippen LogP contribution in [0.15, 0.2) is 42.0 Å². The zero-order chi connectivity index (χ0) is 34.6. The van der Waals surface area contributed by atoms with E-state index >= 15 is 0 Å². The summed E-state index contributed by atoms with van der Waals surface area (Å²) in [7, 11) is 0. The van der Waals surface area contributed by atoms with Gasteiger partial charge in [-0.2, -0.15) is 0 Å². The Bertz CT molecular complexity index is 1390. The molecule has 5 aliphatic carbocycles. The largest absolute Gasteiger partial charge is 0.465 e. The van der Waals surface area contributed by atoms with Crippen LogP contribution < -0.4 is 0 Å². The highest BCUT2D eigenvalue weighted by atomic mass is 16.9. The molecule has 1 aromatic rings. The number of carbonyl (C=O) groups excluding carboxylic acids is 1. The van der Waals surface area contributed by atoms with Crippen molar-refractivity contribution in [3.63, 3.8) is 0 Å². The highest BCUT2D eigenvalue weighted by Crippen LogP contribution is 2.76. The smallest absolute Gasteiger partial charge is 0.312 e. The molecule has 0 radical (unpaired) electrons. The van der Waals surface area contributed by atoms with Gasteiger partial charge in [0.1, 0.15) is 0 Å². The zero-order valence-electron chi connectivity index (χ0n) is 30.8. The summed E-state index contributed by atoms with van der Waals surface area (Å²) < 4.78 is 12.8. The molecule has 0 spiro atoms. The minimum Gasteiger partial charge on any atom is -0.465 e. The molecule has 0 bridgehead atoms. The number of allylic oxidation sites excluding steroid dienone is 2. The summed E-state index contributed by atoms with van der Waals surface area (Å²) in [6.07, 6.45) is 14.7. The van der Waals surface area contributed by atoms with E-state index < -0.39 is 10.5 Å². The number of rotatable bonds is 10. The lowest BCUT2D eigenvalue weighted by atomic mass is 9.33. The maximum Gasteiger partial charge on any atom is 0.312 e. The standard InChI is InChI=1S/C41H61NO6/c1-36(2)21-23-41(35(43)46-25-11-12-26-48-42(44)45)24-22-39(6)30(31(41)27-36)15-16-33-38(5)19-18-34(47-28-29-13-9-8-10-14-29)37(3,4)32(38)17-20-40(33,39)7/h8-10,13-15,31-34H,11-12,16-28H2,1-7H3/t31-,32-,33+,34-,38-,39+,40+,41-/m0/s1. The number of hydrogen-bond donors (Lipinski definition) is 0. The lowest BCUT2D eigenvalue weighted by Crippen LogP contribution is -2.65. The molecule has 0 aliphatic heterocycles. The molecule has 7 heteroatoms. The molecule has 8 atom stereocenters. The fourth-order valence-electron chi connectivity index (χ4n) is 12.3. The third-order valence-electron chi connectivity index (χ3n) is 15.2. The summed E-state index contributed by atoms with van der Waals surface area (Å²) in [5, 5.41) is 9.73. The SMILES string of the molecule is CC1(C)CC[C@]2(C(=O)OCCCCO[N+](=O)[O-])CC[C@]3(C)C(=CC[C@@H]4[C@@]5(C)CC[C@H](OCc6ccccc6)C(C)(C)[C@@H]5CC[C@]43C)[C@@H]2C1. The number of fused-ring (bicyclic) bond motifs is 7. The first-order chi connectivity index (χ1) is 22.6. The van der Waals surface area contributed by atoms with Gasteiger partial charge in [0.25, 0.3) is 5.09 Å². The Morgan fingerprint density at radius 3 is 2.31 bits per heavy atom. The van der Waals surface area contributed by atoms with Crippen LogP contribution in [0.25, 0.3) is 0 Å². The first-order valence-corrected chi connectivity index (χ1v) is 18.9. The average molecular weight is 664 g/mol. The van der Waals surface area contributed by atoms with Gasteiger partial charge in [-0.1, -0.05) is 90.4 Å². The molecule has 4 saturated carbocycles. The molecule has 4 fully saturated rings. The van der Waals surface area contributed by atoms with E-state index in [0.717, 1.165) is 44.9 Å². The van der Waals surface area contributed by atoms with Crippen molar-refractivity contribution in [3.05, 3.63) is 57.7 Å². The van der Waals surface area contributed by atoms with Crippen LogP contribution in [0.2, 0.25) is 0 Å². The fraction of sp³-hybridized carbons (Fsp3) is 0.780. The third-order valence-corrected chi connectivity index (χ3v) is 15.2. The predicted octanol–water partition coefficient (Wildman–Crippen LogP) is 9.91. The summed E-state index contributed by atoms with van der Waals surface area (Å²) >= 11 is 0. The Balaban J connectivity index is 1.23. The second-order valence-electron chi connectivity index (χ2n) is 18.4. The number of benzene rings is 1. The zero-order valence-corrected chi connectivity index (χ0v) is 30.8. The predicted molar refractivity (Wildman–Crippen MR) is 187 cm³/mol. The highest BCUT2D eigenvalue weighted by molar-refractivity contribution is 5.78. The number of carbonyl (C=O) groups is 1. The third kappa shape index (κ3) is 5.82. The lowest BCUT2D eigenvalue weighted by Gasteiger charge is -2.71. The summed E-state index contributed by atoms with van der Waals surface area (Å²) in [6.45, 7) is 18.6. The number of esters is 1.